The molecule has 4 heteroatoms. The summed E-state index contributed by atoms with van der Waals surface area (Å²) in [6, 6.07) is 16.9. The van der Waals surface area contributed by atoms with Crippen LogP contribution >= 0.6 is 27.5 Å². The molecule has 3 aromatic rings. The first-order valence-electron chi connectivity index (χ1n) is 6.27. The normalized spacial score (nSPS) is 10.6. The number of carbonyl (C=O) groups is 1. The lowest BCUT2D eigenvalue weighted by Crippen LogP contribution is -1.87. The Balaban J connectivity index is 1.92. The zero-order valence-corrected chi connectivity index (χ0v) is 13.2. The van der Waals surface area contributed by atoms with Crippen molar-refractivity contribution in [2.75, 3.05) is 0 Å². The second-order valence-corrected chi connectivity index (χ2v) is 5.88. The Hall–Kier alpha value is -1.84. The first-order valence-corrected chi connectivity index (χ1v) is 7.45. The predicted octanol–water partition coefficient (Wildman–Crippen LogP) is 5.86. The van der Waals surface area contributed by atoms with E-state index in [9.17, 15) is 4.79 Å². The Labute approximate surface area is 135 Å². The molecule has 3 aromatic carbocycles. The minimum atomic E-state index is 0.382. The molecule has 0 spiro atoms. The predicted molar refractivity (Wildman–Crippen MR) is 88.6 cm³/mol. The molecule has 2 nitrogen and oxygen atoms in total. The summed E-state index contributed by atoms with van der Waals surface area (Å²) in [6.45, 7) is 0. The Morgan fingerprint density at radius 3 is 2.33 bits per heavy atom. The highest BCUT2D eigenvalue weighted by molar-refractivity contribution is 9.10. The van der Waals surface area contributed by atoms with E-state index in [0.29, 0.717) is 16.3 Å². The van der Waals surface area contributed by atoms with Crippen molar-refractivity contribution < 1.29 is 9.53 Å². The van der Waals surface area contributed by atoms with Crippen LogP contribution < -0.4 is 4.74 Å². The molecule has 0 atom stereocenters. The number of ether oxygens (including phenoxy) is 1. The number of carbonyl (C=O) groups excluding carboxylic acids is 1. The topological polar surface area (TPSA) is 26.3 Å². The number of hydrogen-bond acceptors (Lipinski definition) is 2. The molecule has 0 aliphatic rings. The van der Waals surface area contributed by atoms with Crippen LogP contribution in [0.1, 0.15) is 10.4 Å². The first kappa shape index (κ1) is 14.1. The number of benzene rings is 3. The van der Waals surface area contributed by atoms with Gasteiger partial charge in [0.15, 0.2) is 6.29 Å². The fourth-order valence-corrected chi connectivity index (χ4v) is 2.66. The van der Waals surface area contributed by atoms with Crippen LogP contribution in [-0.4, -0.2) is 6.29 Å². The van der Waals surface area contributed by atoms with Crippen LogP contribution in [0, 0.1) is 0 Å². The van der Waals surface area contributed by atoms with Crippen molar-refractivity contribution >= 4 is 44.6 Å². The lowest BCUT2D eigenvalue weighted by molar-refractivity contribution is 0.112. The summed E-state index contributed by atoms with van der Waals surface area (Å²) in [7, 11) is 0. The smallest absolute Gasteiger partial charge is 0.151 e. The fourth-order valence-electron chi connectivity index (χ4n) is 2.06. The van der Waals surface area contributed by atoms with Gasteiger partial charge in [0.1, 0.15) is 11.5 Å². The Morgan fingerprint density at radius 1 is 0.905 bits per heavy atom. The third-order valence-corrected chi connectivity index (χ3v) is 3.93. The van der Waals surface area contributed by atoms with Gasteiger partial charge in [0, 0.05) is 16.1 Å². The standard InChI is InChI=1S/C17H10BrClO2/c18-14-4-1-12-8-15(5-2-11(12)7-14)21-16-6-3-13(10-20)17(19)9-16/h1-10H. The van der Waals surface area contributed by atoms with Crippen molar-refractivity contribution in [2.24, 2.45) is 0 Å². The van der Waals surface area contributed by atoms with Gasteiger partial charge >= 0.3 is 0 Å². The molecule has 0 fully saturated rings. The molecule has 3 rings (SSSR count). The molecule has 0 heterocycles. The molecule has 104 valence electrons. The Bertz CT molecular complexity index is 830. The third kappa shape index (κ3) is 3.09. The van der Waals surface area contributed by atoms with Gasteiger partial charge in [-0.05, 0) is 47.2 Å². The fraction of sp³-hybridized carbons (Fsp3) is 0. The zero-order valence-electron chi connectivity index (χ0n) is 10.8. The highest BCUT2D eigenvalue weighted by Gasteiger charge is 2.04. The lowest BCUT2D eigenvalue weighted by Gasteiger charge is -2.08. The van der Waals surface area contributed by atoms with Gasteiger partial charge in [-0.25, -0.2) is 0 Å². The molecule has 0 unspecified atom stereocenters. The number of rotatable bonds is 3. The molecule has 0 aliphatic carbocycles. The Morgan fingerprint density at radius 2 is 1.57 bits per heavy atom. The summed E-state index contributed by atoms with van der Waals surface area (Å²) in [6.07, 6.45) is 0.722. The average molecular weight is 362 g/mol. The quantitative estimate of drug-likeness (QED) is 0.546. The van der Waals surface area contributed by atoms with Crippen LogP contribution in [0.15, 0.2) is 59.1 Å². The number of aldehydes is 1. The highest BCUT2D eigenvalue weighted by Crippen LogP contribution is 2.29. The van der Waals surface area contributed by atoms with Crippen molar-refractivity contribution in [3.05, 3.63) is 69.7 Å². The van der Waals surface area contributed by atoms with E-state index in [1.165, 1.54) is 0 Å². The van der Waals surface area contributed by atoms with Gasteiger partial charge in [0.25, 0.3) is 0 Å². The third-order valence-electron chi connectivity index (χ3n) is 3.11. The molecule has 0 aromatic heterocycles. The van der Waals surface area contributed by atoms with Crippen LogP contribution in [0.3, 0.4) is 0 Å². The average Bonchev–Trinajstić information content (AvgIpc) is 2.48. The van der Waals surface area contributed by atoms with E-state index >= 15 is 0 Å². The van der Waals surface area contributed by atoms with Crippen molar-refractivity contribution in [2.45, 2.75) is 0 Å². The van der Waals surface area contributed by atoms with E-state index in [1.54, 1.807) is 18.2 Å². The maximum absolute atomic E-state index is 10.7. The minimum Gasteiger partial charge on any atom is -0.457 e. The summed E-state index contributed by atoms with van der Waals surface area (Å²) in [5.74, 6) is 1.32. The maximum atomic E-state index is 10.7. The van der Waals surface area contributed by atoms with Gasteiger partial charge in [-0.1, -0.05) is 39.7 Å². The van der Waals surface area contributed by atoms with E-state index in [2.05, 4.69) is 22.0 Å². The van der Waals surface area contributed by atoms with Crippen molar-refractivity contribution in [3.8, 4) is 11.5 Å². The molecular weight excluding hydrogens is 352 g/mol. The minimum absolute atomic E-state index is 0.382. The lowest BCUT2D eigenvalue weighted by atomic mass is 10.1. The summed E-state index contributed by atoms with van der Waals surface area (Å²) >= 11 is 9.44. The SMILES string of the molecule is O=Cc1ccc(Oc2ccc3cc(Br)ccc3c2)cc1Cl. The molecule has 0 radical (unpaired) electrons. The van der Waals surface area contributed by atoms with Gasteiger partial charge in [-0.15, -0.1) is 0 Å². The summed E-state index contributed by atoms with van der Waals surface area (Å²) in [5, 5.41) is 2.60. The highest BCUT2D eigenvalue weighted by atomic mass is 79.9. The first-order chi connectivity index (χ1) is 10.2. The number of halogens is 2. The van der Waals surface area contributed by atoms with Crippen LogP contribution in [0.4, 0.5) is 0 Å². The van der Waals surface area contributed by atoms with E-state index in [4.69, 9.17) is 16.3 Å². The molecule has 0 bridgehead atoms. The van der Waals surface area contributed by atoms with Crippen LogP contribution in [0.2, 0.25) is 5.02 Å². The van der Waals surface area contributed by atoms with Crippen molar-refractivity contribution in [1.29, 1.82) is 0 Å². The maximum Gasteiger partial charge on any atom is 0.151 e. The van der Waals surface area contributed by atoms with Gasteiger partial charge < -0.3 is 4.74 Å². The molecule has 0 amide bonds. The molecular formula is C17H10BrClO2. The number of fused-ring (bicyclic) bond motifs is 1. The molecule has 0 N–H and O–H groups in total. The van der Waals surface area contributed by atoms with Gasteiger partial charge in [-0.2, -0.15) is 0 Å². The summed E-state index contributed by atoms with van der Waals surface area (Å²) < 4.78 is 6.83. The zero-order chi connectivity index (χ0) is 14.8. The van der Waals surface area contributed by atoms with Crippen LogP contribution in [0.5, 0.6) is 11.5 Å². The van der Waals surface area contributed by atoms with Gasteiger partial charge in [-0.3, -0.25) is 4.79 Å². The second-order valence-electron chi connectivity index (χ2n) is 4.56. The van der Waals surface area contributed by atoms with Crippen LogP contribution in [0.25, 0.3) is 10.8 Å². The van der Waals surface area contributed by atoms with E-state index in [1.807, 2.05) is 30.3 Å². The van der Waals surface area contributed by atoms with E-state index in [0.717, 1.165) is 27.3 Å². The summed E-state index contributed by atoms with van der Waals surface area (Å²) in [5.41, 5.74) is 0.451. The van der Waals surface area contributed by atoms with Gasteiger partial charge in [0.2, 0.25) is 0 Å². The van der Waals surface area contributed by atoms with Crippen molar-refractivity contribution in [3.63, 3.8) is 0 Å². The van der Waals surface area contributed by atoms with Crippen molar-refractivity contribution in [1.82, 2.24) is 0 Å². The molecule has 0 saturated heterocycles. The molecule has 0 aliphatic heterocycles. The van der Waals surface area contributed by atoms with E-state index in [-0.39, 0.29) is 0 Å². The van der Waals surface area contributed by atoms with Gasteiger partial charge in [0.05, 0.1) is 5.02 Å². The summed E-state index contributed by atoms with van der Waals surface area (Å²) in [4.78, 5) is 10.7. The van der Waals surface area contributed by atoms with Crippen LogP contribution in [-0.2, 0) is 0 Å². The second kappa shape index (κ2) is 5.88. The van der Waals surface area contributed by atoms with E-state index < -0.39 is 0 Å². The molecule has 0 saturated carbocycles. The largest absolute Gasteiger partial charge is 0.457 e. The monoisotopic (exact) mass is 360 g/mol. The molecule has 21 heavy (non-hydrogen) atoms. The number of hydrogen-bond donors (Lipinski definition) is 0. The Kier molecular flexibility index (Phi) is 3.95.